The minimum Gasteiger partial charge on any atom is -0.300 e. The lowest BCUT2D eigenvalue weighted by atomic mass is 9.97. The molecule has 108 valence electrons. The molecule has 0 spiro atoms. The van der Waals surface area contributed by atoms with Crippen molar-refractivity contribution in [1.29, 1.82) is 0 Å². The average Bonchev–Trinajstić information content (AvgIpc) is 2.35. The Kier molecular flexibility index (Phi) is 11.5. The highest BCUT2D eigenvalue weighted by molar-refractivity contribution is 6.08. The van der Waals surface area contributed by atoms with Crippen LogP contribution in [0.5, 0.6) is 0 Å². The lowest BCUT2D eigenvalue weighted by Gasteiger charge is -2.01. The van der Waals surface area contributed by atoms with Gasteiger partial charge in [-0.3, -0.25) is 9.59 Å². The third-order valence-electron chi connectivity index (χ3n) is 3.20. The lowest BCUT2D eigenvalue weighted by Crippen LogP contribution is -2.02. The summed E-state index contributed by atoms with van der Waals surface area (Å²) in [5, 5.41) is 0. The molecule has 0 aliphatic rings. The maximum atomic E-state index is 11.5. The number of hydrogen-bond acceptors (Lipinski definition) is 3. The Bertz CT molecular complexity index is 287. The predicted octanol–water partition coefficient (Wildman–Crippen LogP) is 2.67. The van der Waals surface area contributed by atoms with Gasteiger partial charge >= 0.3 is 0 Å². The van der Waals surface area contributed by atoms with Crippen LogP contribution in [-0.4, -0.2) is 25.2 Å². The average molecular weight is 266 g/mol. The molecule has 0 aromatic carbocycles. The predicted molar refractivity (Wildman–Crippen MR) is 80.2 cm³/mol. The molecule has 0 radical (unpaired) electrons. The van der Waals surface area contributed by atoms with Crippen molar-refractivity contribution in [2.45, 2.75) is 77.5 Å². The van der Waals surface area contributed by atoms with Gasteiger partial charge < -0.3 is 4.79 Å². The molecule has 0 atom stereocenters. The van der Waals surface area contributed by atoms with Crippen molar-refractivity contribution >= 4 is 25.2 Å². The van der Waals surface area contributed by atoms with Crippen molar-refractivity contribution in [2.75, 3.05) is 0 Å². The maximum absolute atomic E-state index is 11.5. The molecule has 0 aromatic rings. The van der Waals surface area contributed by atoms with E-state index in [0.717, 1.165) is 32.0 Å². The Hall–Kier alpha value is -0.925. The summed E-state index contributed by atoms with van der Waals surface area (Å²) < 4.78 is 0. The number of rotatable bonds is 13. The molecule has 0 aliphatic heterocycles. The Balaban J connectivity index is 3.42. The normalized spacial score (nSPS) is 10.4. The van der Waals surface area contributed by atoms with Gasteiger partial charge in [0.05, 0.1) is 0 Å². The van der Waals surface area contributed by atoms with E-state index in [4.69, 9.17) is 0 Å². The first-order chi connectivity index (χ1) is 9.06. The molecule has 0 aromatic heterocycles. The largest absolute Gasteiger partial charge is 0.300 e. The second-order valence-corrected chi connectivity index (χ2v) is 5.30. The summed E-state index contributed by atoms with van der Waals surface area (Å²) in [6.45, 7) is 1.58. The molecule has 4 heteroatoms. The van der Waals surface area contributed by atoms with Gasteiger partial charge in [0.25, 0.3) is 0 Å². The number of hydrogen-bond donors (Lipinski definition) is 0. The van der Waals surface area contributed by atoms with Gasteiger partial charge in [0.1, 0.15) is 25.2 Å². The van der Waals surface area contributed by atoms with Gasteiger partial charge in [0, 0.05) is 32.1 Å². The second-order valence-electron chi connectivity index (χ2n) is 5.30. The van der Waals surface area contributed by atoms with E-state index < -0.39 is 0 Å². The number of ketones is 3. The number of unbranched alkanes of at least 4 members (excludes halogenated alkanes) is 2. The number of Topliss-reactive ketones (excluding diaryl/α,β-unsaturated/α-hetero) is 3. The topological polar surface area (TPSA) is 51.2 Å². The first-order valence-corrected chi connectivity index (χ1v) is 7.59. The van der Waals surface area contributed by atoms with Crippen molar-refractivity contribution in [3.8, 4) is 0 Å². The molecule has 0 fully saturated rings. The smallest absolute Gasteiger partial charge is 0.132 e. The first kappa shape index (κ1) is 18.1. The van der Waals surface area contributed by atoms with Crippen LogP contribution in [0, 0.1) is 0 Å². The molecule has 0 amide bonds. The Morgan fingerprint density at radius 2 is 1.11 bits per heavy atom. The summed E-state index contributed by atoms with van der Waals surface area (Å²) in [5.41, 5.74) is 0. The molecule has 0 unspecified atom stereocenters. The highest BCUT2D eigenvalue weighted by Crippen LogP contribution is 2.08. The molecule has 0 N–H and O–H groups in total. The van der Waals surface area contributed by atoms with Crippen LogP contribution in [-0.2, 0) is 14.4 Å². The van der Waals surface area contributed by atoms with Crippen LogP contribution in [0.4, 0.5) is 0 Å². The molecule has 0 rings (SSSR count). The van der Waals surface area contributed by atoms with Gasteiger partial charge in [-0.25, -0.2) is 0 Å². The third-order valence-corrected chi connectivity index (χ3v) is 3.20. The van der Waals surface area contributed by atoms with E-state index >= 15 is 0 Å². The van der Waals surface area contributed by atoms with Gasteiger partial charge in [-0.05, 0) is 32.6 Å². The van der Waals surface area contributed by atoms with Crippen LogP contribution in [0.2, 0.25) is 6.32 Å². The summed E-state index contributed by atoms with van der Waals surface area (Å²) in [7, 11) is 2.12. The first-order valence-electron chi connectivity index (χ1n) is 7.59. The summed E-state index contributed by atoms with van der Waals surface area (Å²) in [6, 6.07) is 0. The van der Waals surface area contributed by atoms with Crippen molar-refractivity contribution < 1.29 is 14.4 Å². The van der Waals surface area contributed by atoms with Crippen LogP contribution >= 0.6 is 0 Å². The fourth-order valence-electron chi connectivity index (χ4n) is 2.00. The fourth-order valence-corrected chi connectivity index (χ4v) is 2.00. The fraction of sp³-hybridized carbons (Fsp3) is 0.800. The molecule has 0 saturated heterocycles. The van der Waals surface area contributed by atoms with Gasteiger partial charge in [-0.1, -0.05) is 12.7 Å². The van der Waals surface area contributed by atoms with Crippen molar-refractivity contribution in [2.24, 2.45) is 0 Å². The minimum atomic E-state index is 0.185. The van der Waals surface area contributed by atoms with Gasteiger partial charge in [-0.2, -0.15) is 0 Å². The molecule has 3 nitrogen and oxygen atoms in total. The Morgan fingerprint density at radius 3 is 1.58 bits per heavy atom. The summed E-state index contributed by atoms with van der Waals surface area (Å²) in [6.07, 6.45) is 8.36. The van der Waals surface area contributed by atoms with E-state index in [2.05, 4.69) is 7.85 Å². The highest BCUT2D eigenvalue weighted by Gasteiger charge is 2.06. The lowest BCUT2D eigenvalue weighted by molar-refractivity contribution is -0.121. The number of carbonyl (C=O) groups is 3. The van der Waals surface area contributed by atoms with Crippen molar-refractivity contribution in [3.05, 3.63) is 0 Å². The van der Waals surface area contributed by atoms with E-state index in [1.54, 1.807) is 6.92 Å². The molecule has 0 aliphatic carbocycles. The third kappa shape index (κ3) is 13.3. The summed E-state index contributed by atoms with van der Waals surface area (Å²) >= 11 is 0. The number of carbonyl (C=O) groups excluding carboxylic acids is 3. The zero-order chi connectivity index (χ0) is 14.5. The van der Waals surface area contributed by atoms with Gasteiger partial charge in [0.2, 0.25) is 0 Å². The van der Waals surface area contributed by atoms with E-state index in [0.29, 0.717) is 38.5 Å². The van der Waals surface area contributed by atoms with Crippen LogP contribution in [0.3, 0.4) is 0 Å². The maximum Gasteiger partial charge on any atom is 0.132 e. The Morgan fingerprint density at radius 1 is 0.684 bits per heavy atom. The van der Waals surface area contributed by atoms with E-state index in [9.17, 15) is 14.4 Å². The monoisotopic (exact) mass is 266 g/mol. The zero-order valence-corrected chi connectivity index (χ0v) is 12.5. The minimum absolute atomic E-state index is 0.185. The van der Waals surface area contributed by atoms with Crippen LogP contribution in [0.25, 0.3) is 0 Å². The Labute approximate surface area is 117 Å². The second kappa shape index (κ2) is 12.1. The van der Waals surface area contributed by atoms with E-state index in [1.807, 2.05) is 0 Å². The van der Waals surface area contributed by atoms with Gasteiger partial charge in [-0.15, -0.1) is 0 Å². The molecule has 0 bridgehead atoms. The molecule has 0 heterocycles. The van der Waals surface area contributed by atoms with Crippen molar-refractivity contribution in [1.82, 2.24) is 0 Å². The van der Waals surface area contributed by atoms with E-state index in [1.165, 1.54) is 0 Å². The van der Waals surface area contributed by atoms with Crippen LogP contribution in [0.15, 0.2) is 0 Å². The highest BCUT2D eigenvalue weighted by atomic mass is 16.1. The molecule has 19 heavy (non-hydrogen) atoms. The molecule has 0 saturated carbocycles. The molecular formula is C15H27BO3. The van der Waals surface area contributed by atoms with Crippen molar-refractivity contribution in [3.63, 3.8) is 0 Å². The van der Waals surface area contributed by atoms with Gasteiger partial charge in [0.15, 0.2) is 0 Å². The van der Waals surface area contributed by atoms with Crippen LogP contribution < -0.4 is 0 Å². The standard InChI is InChI=1S/C15H27BO3/c1-13(17)7-2-3-8-14(18)10-6-11-15(19)9-4-5-12-16/h2-12,16H2,1H3. The molecular weight excluding hydrogens is 239 g/mol. The van der Waals surface area contributed by atoms with E-state index in [-0.39, 0.29) is 17.3 Å². The SMILES string of the molecule is BCCCCC(=O)CCCC(=O)CCCCC(C)=O. The summed E-state index contributed by atoms with van der Waals surface area (Å²) in [5.74, 6) is 0.702. The quantitative estimate of drug-likeness (QED) is 0.380. The summed E-state index contributed by atoms with van der Waals surface area (Å²) in [4.78, 5) is 33.7. The zero-order valence-electron chi connectivity index (χ0n) is 12.5. The van der Waals surface area contributed by atoms with Crippen LogP contribution in [0.1, 0.15) is 71.1 Å².